The second-order valence-corrected chi connectivity index (χ2v) is 13.2. The number of ether oxygens (including phenoxy) is 2. The Hall–Kier alpha value is -4.08. The van der Waals surface area contributed by atoms with Crippen LogP contribution >= 0.6 is 22.7 Å². The molecule has 1 atom stereocenters. The van der Waals surface area contributed by atoms with E-state index in [2.05, 4.69) is 53.4 Å². The summed E-state index contributed by atoms with van der Waals surface area (Å²) < 4.78 is 10.5. The second kappa shape index (κ2) is 15.3. The molecule has 5 heterocycles. The number of carbonyl (C=O) groups excluding carboxylic acids is 2. The van der Waals surface area contributed by atoms with Crippen LogP contribution in [0.5, 0.6) is 0 Å². The van der Waals surface area contributed by atoms with Crippen LogP contribution in [0.15, 0.2) is 72.6 Å². The first-order valence-electron chi connectivity index (χ1n) is 15.6. The first kappa shape index (κ1) is 32.3. The van der Waals surface area contributed by atoms with Gasteiger partial charge in [-0.1, -0.05) is 26.2 Å². The highest BCUT2D eigenvalue weighted by Gasteiger charge is 2.24. The molecule has 4 aromatic heterocycles. The number of unbranched alkanes of at least 4 members (excludes halogenated alkanes) is 3. The van der Waals surface area contributed by atoms with Gasteiger partial charge in [0, 0.05) is 31.9 Å². The van der Waals surface area contributed by atoms with Gasteiger partial charge in [0.2, 0.25) is 0 Å². The van der Waals surface area contributed by atoms with Crippen molar-refractivity contribution in [3.05, 3.63) is 100.0 Å². The standard InChI is InChI=1S/C36H39N3O4S2/c1-5-8-9-10-11-25-18-23(4)44-34(25)33-13-12-32(45-33)24-14-16-37-28(19-24)30-21-27(36(41)43-7-3)22-31(39-30)29-20-26(15-17-38-29)35(40)42-6-2/h12-22,30,39H,5-11H2,1-4H3. The predicted molar refractivity (Wildman–Crippen MR) is 182 cm³/mol. The first-order chi connectivity index (χ1) is 21.9. The fourth-order valence-corrected chi connectivity index (χ4v) is 7.50. The van der Waals surface area contributed by atoms with E-state index in [-0.39, 0.29) is 13.2 Å². The summed E-state index contributed by atoms with van der Waals surface area (Å²) in [6.07, 6.45) is 13.0. The number of pyridine rings is 2. The lowest BCUT2D eigenvalue weighted by atomic mass is 10.00. The van der Waals surface area contributed by atoms with Crippen molar-refractivity contribution in [2.45, 2.75) is 65.8 Å². The fraction of sp³-hybridized carbons (Fsp3) is 0.333. The van der Waals surface area contributed by atoms with E-state index in [0.29, 0.717) is 22.5 Å². The third-order valence-corrected chi connectivity index (χ3v) is 9.87. The number of aromatic nitrogens is 2. The Morgan fingerprint density at radius 3 is 2.44 bits per heavy atom. The number of rotatable bonds is 13. The van der Waals surface area contributed by atoms with Crippen LogP contribution in [-0.2, 0) is 20.7 Å². The number of thiophene rings is 2. The molecule has 0 aromatic carbocycles. The van der Waals surface area contributed by atoms with Gasteiger partial charge in [-0.3, -0.25) is 9.97 Å². The molecule has 0 saturated carbocycles. The van der Waals surface area contributed by atoms with Gasteiger partial charge in [-0.05, 0) is 99.4 Å². The number of aryl methyl sites for hydroxylation is 2. The third kappa shape index (κ3) is 7.96. The maximum atomic E-state index is 12.9. The number of nitrogens with zero attached hydrogens (tertiary/aromatic N) is 2. The van der Waals surface area contributed by atoms with Crippen molar-refractivity contribution in [2.75, 3.05) is 13.2 Å². The van der Waals surface area contributed by atoms with Crippen molar-refractivity contribution in [2.24, 2.45) is 0 Å². The molecule has 9 heteroatoms. The van der Waals surface area contributed by atoms with Gasteiger partial charge in [0.1, 0.15) is 0 Å². The molecular weight excluding hydrogens is 603 g/mol. The number of dihydropyridines is 1. The van der Waals surface area contributed by atoms with E-state index in [0.717, 1.165) is 22.6 Å². The van der Waals surface area contributed by atoms with Gasteiger partial charge in [-0.2, -0.15) is 0 Å². The van der Waals surface area contributed by atoms with Gasteiger partial charge in [0.05, 0.1) is 47.5 Å². The highest BCUT2D eigenvalue weighted by Crippen LogP contribution is 2.41. The minimum atomic E-state index is -0.432. The number of nitrogens with one attached hydrogen (secondary N) is 1. The van der Waals surface area contributed by atoms with Crippen LogP contribution in [-0.4, -0.2) is 35.1 Å². The van der Waals surface area contributed by atoms with Gasteiger partial charge >= 0.3 is 11.9 Å². The SMILES string of the molecule is CCCCCCc1cc(C)sc1-c1ccc(-c2ccnc(C3C=C(C(=O)OCC)C=C(c4cc(C(=O)OCC)ccn4)N3)c2)s1. The summed E-state index contributed by atoms with van der Waals surface area (Å²) in [5, 5.41) is 3.46. The molecule has 0 amide bonds. The van der Waals surface area contributed by atoms with E-state index in [4.69, 9.17) is 9.47 Å². The van der Waals surface area contributed by atoms with Crippen molar-refractivity contribution in [1.29, 1.82) is 0 Å². The molecule has 1 N–H and O–H groups in total. The van der Waals surface area contributed by atoms with Gasteiger partial charge < -0.3 is 14.8 Å². The number of hydrogen-bond donors (Lipinski definition) is 1. The van der Waals surface area contributed by atoms with Crippen LogP contribution in [0.2, 0.25) is 0 Å². The molecule has 0 bridgehead atoms. The molecule has 0 fully saturated rings. The van der Waals surface area contributed by atoms with Gasteiger partial charge in [0.15, 0.2) is 0 Å². The smallest absolute Gasteiger partial charge is 0.338 e. The van der Waals surface area contributed by atoms with Crippen molar-refractivity contribution in [3.63, 3.8) is 0 Å². The molecule has 0 aliphatic carbocycles. The molecular formula is C36H39N3O4S2. The Balaban J connectivity index is 1.42. The largest absolute Gasteiger partial charge is 0.462 e. The maximum absolute atomic E-state index is 12.9. The average Bonchev–Trinajstić information content (AvgIpc) is 3.70. The van der Waals surface area contributed by atoms with E-state index in [1.165, 1.54) is 45.9 Å². The molecule has 0 spiro atoms. The molecule has 7 nitrogen and oxygen atoms in total. The number of esters is 2. The van der Waals surface area contributed by atoms with Gasteiger partial charge in [0.25, 0.3) is 0 Å². The summed E-state index contributed by atoms with van der Waals surface area (Å²) in [4.78, 5) is 39.6. The molecule has 234 valence electrons. The summed E-state index contributed by atoms with van der Waals surface area (Å²) in [6.45, 7) is 8.51. The summed E-state index contributed by atoms with van der Waals surface area (Å²) in [6, 6.07) is 13.7. The summed E-state index contributed by atoms with van der Waals surface area (Å²) in [5.41, 5.74) is 5.12. The van der Waals surface area contributed by atoms with Crippen LogP contribution in [0.25, 0.3) is 25.9 Å². The molecule has 4 aromatic rings. The zero-order valence-electron chi connectivity index (χ0n) is 26.2. The lowest BCUT2D eigenvalue weighted by Crippen LogP contribution is -2.25. The molecule has 1 aliphatic rings. The van der Waals surface area contributed by atoms with E-state index in [1.807, 2.05) is 23.5 Å². The summed E-state index contributed by atoms with van der Waals surface area (Å²) in [5.74, 6) is -0.861. The van der Waals surface area contributed by atoms with E-state index >= 15 is 0 Å². The monoisotopic (exact) mass is 641 g/mol. The van der Waals surface area contributed by atoms with Crippen molar-refractivity contribution < 1.29 is 19.1 Å². The Kier molecular flexibility index (Phi) is 11.0. The highest BCUT2D eigenvalue weighted by molar-refractivity contribution is 7.24. The fourth-order valence-electron chi connectivity index (χ4n) is 5.29. The van der Waals surface area contributed by atoms with Crippen LogP contribution in [0.1, 0.15) is 84.7 Å². The minimum Gasteiger partial charge on any atom is -0.462 e. The minimum absolute atomic E-state index is 0.257. The molecule has 1 aliphatic heterocycles. The summed E-state index contributed by atoms with van der Waals surface area (Å²) >= 11 is 3.66. The molecule has 5 rings (SSSR count). The van der Waals surface area contributed by atoms with E-state index in [9.17, 15) is 9.59 Å². The van der Waals surface area contributed by atoms with Crippen LogP contribution in [0.3, 0.4) is 0 Å². The predicted octanol–water partition coefficient (Wildman–Crippen LogP) is 8.72. The zero-order valence-corrected chi connectivity index (χ0v) is 27.9. The Labute approximate surface area is 273 Å². The molecule has 0 saturated heterocycles. The Morgan fingerprint density at radius 1 is 0.867 bits per heavy atom. The average molecular weight is 642 g/mol. The van der Waals surface area contributed by atoms with Crippen LogP contribution in [0, 0.1) is 6.92 Å². The topological polar surface area (TPSA) is 90.4 Å². The van der Waals surface area contributed by atoms with Gasteiger partial charge in [-0.15, -0.1) is 22.7 Å². The number of hydrogen-bond acceptors (Lipinski definition) is 9. The summed E-state index contributed by atoms with van der Waals surface area (Å²) in [7, 11) is 0. The zero-order chi connectivity index (χ0) is 31.8. The van der Waals surface area contributed by atoms with Crippen LogP contribution < -0.4 is 5.32 Å². The van der Waals surface area contributed by atoms with E-state index in [1.54, 1.807) is 55.8 Å². The van der Waals surface area contributed by atoms with Gasteiger partial charge in [-0.25, -0.2) is 9.59 Å². The third-order valence-electron chi connectivity index (χ3n) is 7.46. The van der Waals surface area contributed by atoms with Crippen LogP contribution in [0.4, 0.5) is 0 Å². The molecule has 45 heavy (non-hydrogen) atoms. The first-order valence-corrected chi connectivity index (χ1v) is 17.2. The van der Waals surface area contributed by atoms with Crippen molar-refractivity contribution in [1.82, 2.24) is 15.3 Å². The van der Waals surface area contributed by atoms with Crippen molar-refractivity contribution >= 4 is 40.3 Å². The lowest BCUT2D eigenvalue weighted by molar-refractivity contribution is -0.138. The second-order valence-electron chi connectivity index (χ2n) is 10.8. The highest BCUT2D eigenvalue weighted by atomic mass is 32.1. The Bertz CT molecular complexity index is 1720. The molecule has 0 radical (unpaired) electrons. The van der Waals surface area contributed by atoms with Crippen molar-refractivity contribution in [3.8, 4) is 20.2 Å². The maximum Gasteiger partial charge on any atom is 0.338 e. The molecule has 1 unspecified atom stereocenters. The Morgan fingerprint density at radius 2 is 1.64 bits per heavy atom. The number of carbonyl (C=O) groups is 2. The normalized spacial score (nSPS) is 14.4. The lowest BCUT2D eigenvalue weighted by Gasteiger charge is -2.24. The quantitative estimate of drug-likeness (QED) is 0.115. The van der Waals surface area contributed by atoms with E-state index < -0.39 is 18.0 Å².